The highest BCUT2D eigenvalue weighted by Crippen LogP contribution is 2.37. The Morgan fingerprint density at radius 2 is 1.88 bits per heavy atom. The fourth-order valence-corrected chi connectivity index (χ4v) is 3.44. The molecule has 0 radical (unpaired) electrons. The molecule has 1 aromatic heterocycles. The Morgan fingerprint density at radius 3 is 2.46 bits per heavy atom. The summed E-state index contributed by atoms with van der Waals surface area (Å²) in [7, 11) is -1.92. The van der Waals surface area contributed by atoms with E-state index in [1.54, 1.807) is 19.4 Å². The van der Waals surface area contributed by atoms with Crippen molar-refractivity contribution in [2.24, 2.45) is 0 Å². The molecule has 0 spiro atoms. The molecule has 1 atom stereocenters. The van der Waals surface area contributed by atoms with E-state index >= 15 is 0 Å². The van der Waals surface area contributed by atoms with Gasteiger partial charge in [-0.15, -0.1) is 0 Å². The summed E-state index contributed by atoms with van der Waals surface area (Å²) in [5.74, 6) is -0.363. The molecule has 2 rings (SSSR count). The number of hydrogen-bond donors (Lipinski definition) is 0. The van der Waals surface area contributed by atoms with Crippen LogP contribution in [0.4, 0.5) is 0 Å². The highest BCUT2D eigenvalue weighted by atomic mass is 28.4. The molecule has 0 saturated heterocycles. The molecule has 0 bridgehead atoms. The van der Waals surface area contributed by atoms with Crippen LogP contribution in [-0.4, -0.2) is 37.1 Å². The van der Waals surface area contributed by atoms with Gasteiger partial charge in [0, 0.05) is 0 Å². The Kier molecular flexibility index (Phi) is 6.42. The van der Waals surface area contributed by atoms with Gasteiger partial charge >= 0.3 is 5.97 Å². The van der Waals surface area contributed by atoms with Gasteiger partial charge < -0.3 is 13.7 Å². The Labute approximate surface area is 157 Å². The number of carbonyl (C=O) groups is 1. The van der Waals surface area contributed by atoms with Gasteiger partial charge in [-0.2, -0.15) is 0 Å². The summed E-state index contributed by atoms with van der Waals surface area (Å²) in [5, 5.41) is 0.118. The molecule has 0 amide bonds. The van der Waals surface area contributed by atoms with Gasteiger partial charge in [0.25, 0.3) is 0 Å². The number of aromatic nitrogens is 2. The van der Waals surface area contributed by atoms with Crippen LogP contribution in [0.15, 0.2) is 42.9 Å². The summed E-state index contributed by atoms with van der Waals surface area (Å²) in [6.07, 6.45) is 3.24. The molecule has 0 aliphatic heterocycles. The van der Waals surface area contributed by atoms with Crippen LogP contribution in [0.2, 0.25) is 18.1 Å². The zero-order valence-corrected chi connectivity index (χ0v) is 17.7. The number of hydrogen-bond acceptors (Lipinski definition) is 4. The first-order valence-electron chi connectivity index (χ1n) is 9.05. The number of rotatable bonds is 7. The Bertz CT molecular complexity index is 720. The molecule has 26 heavy (non-hydrogen) atoms. The Hall–Kier alpha value is -1.92. The fraction of sp³-hybridized carbons (Fsp3) is 0.500. The van der Waals surface area contributed by atoms with Crippen molar-refractivity contribution >= 4 is 14.3 Å². The maximum atomic E-state index is 12.3. The standard InChI is InChI=1S/C20H30N2O3Si/c1-7-24-19(23)17-13-21-15-22(17)18(16-11-9-8-10-12-16)14-25-26(5,6)20(2,3)4/h8-13,15,18H,7,14H2,1-6H3. The third-order valence-electron chi connectivity index (χ3n) is 5.08. The normalized spacial score (nSPS) is 13.5. The summed E-state index contributed by atoms with van der Waals surface area (Å²) < 4.78 is 13.5. The van der Waals surface area contributed by atoms with Crippen LogP contribution >= 0.6 is 0 Å². The molecule has 2 aromatic rings. The van der Waals surface area contributed by atoms with Crippen LogP contribution in [0.5, 0.6) is 0 Å². The lowest BCUT2D eigenvalue weighted by molar-refractivity contribution is 0.0510. The van der Waals surface area contributed by atoms with E-state index in [4.69, 9.17) is 9.16 Å². The van der Waals surface area contributed by atoms with Crippen LogP contribution in [-0.2, 0) is 9.16 Å². The predicted molar refractivity (Wildman–Crippen MR) is 106 cm³/mol. The van der Waals surface area contributed by atoms with Gasteiger partial charge in [-0.05, 0) is 30.6 Å². The number of benzene rings is 1. The van der Waals surface area contributed by atoms with Gasteiger partial charge in [-0.25, -0.2) is 9.78 Å². The van der Waals surface area contributed by atoms with E-state index in [0.29, 0.717) is 18.9 Å². The van der Waals surface area contributed by atoms with E-state index in [0.717, 1.165) is 5.56 Å². The van der Waals surface area contributed by atoms with Gasteiger partial charge in [-0.3, -0.25) is 0 Å². The maximum absolute atomic E-state index is 12.3. The highest BCUT2D eigenvalue weighted by Gasteiger charge is 2.38. The SMILES string of the molecule is CCOC(=O)c1cncn1C(CO[Si](C)(C)C(C)(C)C)c1ccccc1. The zero-order chi connectivity index (χ0) is 19.4. The third-order valence-corrected chi connectivity index (χ3v) is 9.58. The first kappa shape index (κ1) is 20.4. The quantitative estimate of drug-likeness (QED) is 0.522. The van der Waals surface area contributed by atoms with Gasteiger partial charge in [0.1, 0.15) is 5.69 Å². The van der Waals surface area contributed by atoms with E-state index in [-0.39, 0.29) is 17.0 Å². The van der Waals surface area contributed by atoms with Crippen molar-refractivity contribution in [2.45, 2.75) is 51.9 Å². The van der Waals surface area contributed by atoms with E-state index in [1.165, 1.54) is 0 Å². The monoisotopic (exact) mass is 374 g/mol. The smallest absolute Gasteiger partial charge is 0.356 e. The molecule has 0 aliphatic carbocycles. The lowest BCUT2D eigenvalue weighted by Gasteiger charge is -2.37. The summed E-state index contributed by atoms with van der Waals surface area (Å²) in [5.41, 5.74) is 1.52. The molecule has 0 aliphatic rings. The second-order valence-electron chi connectivity index (χ2n) is 7.90. The molecule has 1 aromatic carbocycles. The van der Waals surface area contributed by atoms with E-state index in [2.05, 4.69) is 51.0 Å². The number of esters is 1. The summed E-state index contributed by atoms with van der Waals surface area (Å²) in [6, 6.07) is 9.94. The van der Waals surface area contributed by atoms with Gasteiger partial charge in [0.2, 0.25) is 0 Å². The van der Waals surface area contributed by atoms with Crippen molar-refractivity contribution in [1.82, 2.24) is 9.55 Å². The van der Waals surface area contributed by atoms with E-state index in [9.17, 15) is 4.79 Å². The molecule has 0 fully saturated rings. The minimum atomic E-state index is -1.92. The first-order valence-corrected chi connectivity index (χ1v) is 12.0. The van der Waals surface area contributed by atoms with Crippen molar-refractivity contribution < 1.29 is 14.0 Å². The fourth-order valence-electron chi connectivity index (χ4n) is 2.43. The van der Waals surface area contributed by atoms with Crippen molar-refractivity contribution in [3.8, 4) is 0 Å². The second kappa shape index (κ2) is 8.18. The number of nitrogens with zero attached hydrogens (tertiary/aromatic N) is 2. The van der Waals surface area contributed by atoms with Crippen molar-refractivity contribution in [3.05, 3.63) is 54.1 Å². The van der Waals surface area contributed by atoms with Crippen molar-refractivity contribution in [1.29, 1.82) is 0 Å². The number of carbonyl (C=O) groups excluding carboxylic acids is 1. The summed E-state index contributed by atoms with van der Waals surface area (Å²) in [4.78, 5) is 16.5. The maximum Gasteiger partial charge on any atom is 0.356 e. The van der Waals surface area contributed by atoms with Crippen molar-refractivity contribution in [2.75, 3.05) is 13.2 Å². The number of imidazole rings is 1. The molecule has 1 heterocycles. The van der Waals surface area contributed by atoms with Gasteiger partial charge in [-0.1, -0.05) is 51.1 Å². The summed E-state index contributed by atoms with van der Waals surface area (Å²) in [6.45, 7) is 13.7. The lowest BCUT2D eigenvalue weighted by Crippen LogP contribution is -2.42. The number of ether oxygens (including phenoxy) is 1. The van der Waals surface area contributed by atoms with Crippen LogP contribution in [0.1, 0.15) is 49.8 Å². The molecule has 0 saturated carbocycles. The topological polar surface area (TPSA) is 53.3 Å². The average Bonchev–Trinajstić information content (AvgIpc) is 3.04. The zero-order valence-electron chi connectivity index (χ0n) is 16.7. The van der Waals surface area contributed by atoms with Crippen LogP contribution in [0.3, 0.4) is 0 Å². The lowest BCUT2D eigenvalue weighted by atomic mass is 10.1. The van der Waals surface area contributed by atoms with E-state index < -0.39 is 8.32 Å². The van der Waals surface area contributed by atoms with Crippen molar-refractivity contribution in [3.63, 3.8) is 0 Å². The minimum absolute atomic E-state index is 0.118. The minimum Gasteiger partial charge on any atom is -0.461 e. The van der Waals surface area contributed by atoms with E-state index in [1.807, 2.05) is 22.8 Å². The largest absolute Gasteiger partial charge is 0.461 e. The predicted octanol–water partition coefficient (Wildman–Crippen LogP) is 4.67. The van der Waals surface area contributed by atoms with Crippen LogP contribution < -0.4 is 0 Å². The second-order valence-corrected chi connectivity index (χ2v) is 12.7. The molecular formula is C20H30N2O3Si. The molecule has 6 heteroatoms. The van der Waals surface area contributed by atoms with Gasteiger partial charge in [0.05, 0.1) is 31.8 Å². The van der Waals surface area contributed by atoms with Crippen LogP contribution in [0, 0.1) is 0 Å². The van der Waals surface area contributed by atoms with Gasteiger partial charge in [0.15, 0.2) is 8.32 Å². The molecule has 0 N–H and O–H groups in total. The molecule has 1 unspecified atom stereocenters. The Balaban J connectivity index is 2.35. The molecular weight excluding hydrogens is 344 g/mol. The Morgan fingerprint density at radius 1 is 1.23 bits per heavy atom. The first-order chi connectivity index (χ1) is 12.2. The van der Waals surface area contributed by atoms with Crippen LogP contribution in [0.25, 0.3) is 0 Å². The third kappa shape index (κ3) is 4.62. The molecule has 5 nitrogen and oxygen atoms in total. The summed E-state index contributed by atoms with van der Waals surface area (Å²) >= 11 is 0. The molecule has 142 valence electrons. The highest BCUT2D eigenvalue weighted by molar-refractivity contribution is 6.74. The average molecular weight is 375 g/mol.